The lowest BCUT2D eigenvalue weighted by Gasteiger charge is -2.33. The number of carbonyl (C=O) groups is 3. The number of likely N-dealkylation sites (tertiary alicyclic amines) is 1. The molecule has 3 aliphatic heterocycles. The molecule has 3 heterocycles. The maximum absolute atomic E-state index is 14.2. The molecule has 5 rings (SSSR count). The molecule has 0 spiro atoms. The van der Waals surface area contributed by atoms with Gasteiger partial charge in [0, 0.05) is 30.8 Å². The van der Waals surface area contributed by atoms with E-state index in [0.717, 1.165) is 6.07 Å². The van der Waals surface area contributed by atoms with Crippen molar-refractivity contribution in [1.29, 1.82) is 0 Å². The number of amides is 2. The molecule has 1 fully saturated rings. The van der Waals surface area contributed by atoms with Crippen LogP contribution in [0.25, 0.3) is 0 Å². The maximum atomic E-state index is 14.2. The molecule has 13 heteroatoms. The number of carbonyl (C=O) groups excluding carboxylic acids is 2. The lowest BCUT2D eigenvalue weighted by Crippen LogP contribution is -2.47. The Bertz CT molecular complexity index is 1420. The SMILES string of the molecule is CC(C)(C)CN1C(=O)[C@H](CC(=O)N2CCC(C(=O)O)CC2)O[C@@H](c2cccc3c2OCCO3)c2cc(OC(F)(F)F)ccc21. The standard InChI is InChI=1S/C31H35F3N2O8/c1-30(2,3)17-36-22-8-7-19(44-31(32,33)34)15-21(22)26(20-5-4-6-23-27(20)42-14-13-41-23)43-24(28(36)38)16-25(37)35-11-9-18(10-12-35)29(39)40/h4-8,15,18,24,26H,9-14,16-17H2,1-3H3,(H,39,40)/t24-,26-/m0/s1. The topological polar surface area (TPSA) is 115 Å². The third-order valence-electron chi connectivity index (χ3n) is 7.72. The normalized spacial score (nSPS) is 21.0. The summed E-state index contributed by atoms with van der Waals surface area (Å²) in [6, 6.07) is 8.79. The number of para-hydroxylation sites is 1. The van der Waals surface area contributed by atoms with Crippen LogP contribution in [0.5, 0.6) is 17.2 Å². The Labute approximate surface area is 252 Å². The third-order valence-corrected chi connectivity index (χ3v) is 7.72. The minimum atomic E-state index is -4.96. The van der Waals surface area contributed by atoms with Crippen LogP contribution in [-0.2, 0) is 19.1 Å². The summed E-state index contributed by atoms with van der Waals surface area (Å²) >= 11 is 0. The summed E-state index contributed by atoms with van der Waals surface area (Å²) in [7, 11) is 0. The number of halogens is 3. The molecule has 0 unspecified atom stereocenters. The van der Waals surface area contributed by atoms with Crippen molar-refractivity contribution in [2.45, 2.75) is 58.6 Å². The van der Waals surface area contributed by atoms with E-state index in [9.17, 15) is 32.7 Å². The van der Waals surface area contributed by atoms with Crippen molar-refractivity contribution < 1.29 is 51.6 Å². The molecule has 238 valence electrons. The van der Waals surface area contributed by atoms with E-state index in [0.29, 0.717) is 42.2 Å². The molecule has 0 radical (unpaired) electrons. The monoisotopic (exact) mass is 620 g/mol. The van der Waals surface area contributed by atoms with Crippen molar-refractivity contribution in [3.05, 3.63) is 47.5 Å². The van der Waals surface area contributed by atoms with E-state index in [1.54, 1.807) is 18.2 Å². The Kier molecular flexibility index (Phi) is 8.70. The lowest BCUT2D eigenvalue weighted by atomic mass is 9.93. The van der Waals surface area contributed by atoms with Crippen molar-refractivity contribution in [1.82, 2.24) is 4.90 Å². The van der Waals surface area contributed by atoms with Gasteiger partial charge in [-0.05, 0) is 42.5 Å². The molecule has 2 aromatic rings. The fourth-order valence-corrected chi connectivity index (χ4v) is 5.75. The number of carboxylic acids is 1. The van der Waals surface area contributed by atoms with Gasteiger partial charge in [0.25, 0.3) is 5.91 Å². The largest absolute Gasteiger partial charge is 0.573 e. The van der Waals surface area contributed by atoms with Crippen LogP contribution in [0.3, 0.4) is 0 Å². The molecule has 10 nitrogen and oxygen atoms in total. The zero-order chi connectivity index (χ0) is 31.8. The van der Waals surface area contributed by atoms with E-state index in [-0.39, 0.29) is 44.1 Å². The summed E-state index contributed by atoms with van der Waals surface area (Å²) < 4.78 is 62.2. The molecular formula is C31H35F3N2O8. The Morgan fingerprint density at radius 2 is 1.73 bits per heavy atom. The summed E-state index contributed by atoms with van der Waals surface area (Å²) in [6.07, 6.45) is -7.17. The van der Waals surface area contributed by atoms with Gasteiger partial charge in [-0.2, -0.15) is 0 Å². The van der Waals surface area contributed by atoms with E-state index >= 15 is 0 Å². The number of carboxylic acid groups (broad SMARTS) is 1. The molecule has 2 amide bonds. The van der Waals surface area contributed by atoms with Gasteiger partial charge >= 0.3 is 12.3 Å². The minimum absolute atomic E-state index is 0.176. The molecule has 3 aliphatic rings. The molecule has 0 aromatic heterocycles. The number of fused-ring (bicyclic) bond motifs is 2. The Hall–Kier alpha value is -4.00. The number of ether oxygens (including phenoxy) is 4. The zero-order valence-corrected chi connectivity index (χ0v) is 24.7. The highest BCUT2D eigenvalue weighted by Crippen LogP contribution is 2.47. The van der Waals surface area contributed by atoms with Crippen molar-refractivity contribution in [2.75, 3.05) is 37.7 Å². The molecule has 0 aliphatic carbocycles. The number of hydrogen-bond donors (Lipinski definition) is 1. The number of rotatable bonds is 6. The van der Waals surface area contributed by atoms with E-state index in [2.05, 4.69) is 4.74 Å². The highest BCUT2D eigenvalue weighted by Gasteiger charge is 2.42. The fraction of sp³-hybridized carbons (Fsp3) is 0.516. The Balaban J connectivity index is 1.58. The second-order valence-corrected chi connectivity index (χ2v) is 12.3. The van der Waals surface area contributed by atoms with Crippen LogP contribution in [0, 0.1) is 11.3 Å². The molecule has 44 heavy (non-hydrogen) atoms. The van der Waals surface area contributed by atoms with Gasteiger partial charge in [0.15, 0.2) is 11.5 Å². The van der Waals surface area contributed by atoms with E-state index < -0.39 is 47.5 Å². The van der Waals surface area contributed by atoms with Gasteiger partial charge < -0.3 is 33.9 Å². The first-order chi connectivity index (χ1) is 20.7. The van der Waals surface area contributed by atoms with Crippen molar-refractivity contribution >= 4 is 23.5 Å². The molecule has 0 bridgehead atoms. The van der Waals surface area contributed by atoms with Crippen molar-refractivity contribution in [3.8, 4) is 17.2 Å². The number of benzene rings is 2. The van der Waals surface area contributed by atoms with Crippen LogP contribution in [0.1, 0.15) is 57.3 Å². The molecule has 2 atom stereocenters. The second kappa shape index (κ2) is 12.2. The molecule has 1 saturated heterocycles. The van der Waals surface area contributed by atoms with Gasteiger partial charge in [0.2, 0.25) is 5.91 Å². The predicted octanol–water partition coefficient (Wildman–Crippen LogP) is 4.94. The molecular weight excluding hydrogens is 585 g/mol. The van der Waals surface area contributed by atoms with Crippen LogP contribution in [0.2, 0.25) is 0 Å². The Morgan fingerprint density at radius 3 is 2.39 bits per heavy atom. The smallest absolute Gasteiger partial charge is 0.486 e. The summed E-state index contributed by atoms with van der Waals surface area (Å²) in [6.45, 7) is 6.89. The predicted molar refractivity (Wildman–Crippen MR) is 151 cm³/mol. The number of piperidine rings is 1. The van der Waals surface area contributed by atoms with Crippen LogP contribution in [0.15, 0.2) is 36.4 Å². The summed E-state index contributed by atoms with van der Waals surface area (Å²) in [5.74, 6) is -2.12. The molecule has 2 aromatic carbocycles. The molecule has 0 saturated carbocycles. The maximum Gasteiger partial charge on any atom is 0.573 e. The number of alkyl halides is 3. The average Bonchev–Trinajstić information content (AvgIpc) is 3.05. The van der Waals surface area contributed by atoms with Crippen LogP contribution >= 0.6 is 0 Å². The van der Waals surface area contributed by atoms with Gasteiger partial charge in [-0.25, -0.2) is 0 Å². The highest BCUT2D eigenvalue weighted by atomic mass is 19.4. The lowest BCUT2D eigenvalue weighted by molar-refractivity contribution is -0.274. The zero-order valence-electron chi connectivity index (χ0n) is 24.7. The van der Waals surface area contributed by atoms with Gasteiger partial charge in [-0.1, -0.05) is 32.9 Å². The third kappa shape index (κ3) is 7.03. The van der Waals surface area contributed by atoms with Crippen molar-refractivity contribution in [2.24, 2.45) is 11.3 Å². The van der Waals surface area contributed by atoms with Crippen LogP contribution in [0.4, 0.5) is 18.9 Å². The van der Waals surface area contributed by atoms with Gasteiger partial charge in [0.05, 0.1) is 18.0 Å². The van der Waals surface area contributed by atoms with E-state index in [1.165, 1.54) is 21.9 Å². The minimum Gasteiger partial charge on any atom is -0.486 e. The number of hydrogen-bond acceptors (Lipinski definition) is 7. The van der Waals surface area contributed by atoms with Gasteiger partial charge in [0.1, 0.15) is 31.2 Å². The van der Waals surface area contributed by atoms with Crippen LogP contribution in [-0.4, -0.2) is 73.1 Å². The van der Waals surface area contributed by atoms with E-state index in [4.69, 9.17) is 14.2 Å². The van der Waals surface area contributed by atoms with Crippen LogP contribution < -0.4 is 19.1 Å². The summed E-state index contributed by atoms with van der Waals surface area (Å²) in [4.78, 5) is 42.1. The highest BCUT2D eigenvalue weighted by molar-refractivity contribution is 6.00. The Morgan fingerprint density at radius 1 is 1.02 bits per heavy atom. The van der Waals surface area contributed by atoms with E-state index in [1.807, 2.05) is 20.8 Å². The average molecular weight is 621 g/mol. The van der Waals surface area contributed by atoms with Gasteiger partial charge in [-0.15, -0.1) is 13.2 Å². The van der Waals surface area contributed by atoms with Gasteiger partial charge in [-0.3, -0.25) is 14.4 Å². The first-order valence-electron chi connectivity index (χ1n) is 14.5. The van der Waals surface area contributed by atoms with Crippen molar-refractivity contribution in [3.63, 3.8) is 0 Å². The second-order valence-electron chi connectivity index (χ2n) is 12.3. The quantitative estimate of drug-likeness (QED) is 0.483. The summed E-state index contributed by atoms with van der Waals surface area (Å²) in [5, 5.41) is 9.34. The summed E-state index contributed by atoms with van der Waals surface area (Å²) in [5.41, 5.74) is 0.516. The number of anilines is 1. The fourth-order valence-electron chi connectivity index (χ4n) is 5.75. The first kappa shape index (κ1) is 31.4. The first-order valence-corrected chi connectivity index (χ1v) is 14.5. The number of aliphatic carboxylic acids is 1. The molecule has 1 N–H and O–H groups in total. The number of nitrogens with zero attached hydrogens (tertiary/aromatic N) is 2.